The highest BCUT2D eigenvalue weighted by molar-refractivity contribution is 7.17. The summed E-state index contributed by atoms with van der Waals surface area (Å²) in [5, 5.41) is 12.2. The van der Waals surface area contributed by atoms with Crippen LogP contribution in [0.2, 0.25) is 0 Å². The van der Waals surface area contributed by atoms with Gasteiger partial charge in [-0.15, -0.1) is 11.3 Å². The van der Waals surface area contributed by atoms with Crippen LogP contribution < -0.4 is 5.32 Å². The maximum Gasteiger partial charge on any atom is 0.263 e. The summed E-state index contributed by atoms with van der Waals surface area (Å²) >= 11 is 1.35. The third-order valence-electron chi connectivity index (χ3n) is 2.53. The number of aliphatic hydroxyl groups excluding tert-OH is 1. The average Bonchev–Trinajstić information content (AvgIpc) is 2.82. The Balaban J connectivity index is 2.15. The molecule has 0 radical (unpaired) electrons. The van der Waals surface area contributed by atoms with Crippen LogP contribution in [0.15, 0.2) is 24.5 Å². The van der Waals surface area contributed by atoms with Gasteiger partial charge in [0.15, 0.2) is 0 Å². The van der Waals surface area contributed by atoms with E-state index in [9.17, 15) is 4.79 Å². The second kappa shape index (κ2) is 6.40. The van der Waals surface area contributed by atoms with Crippen molar-refractivity contribution in [2.75, 3.05) is 13.2 Å². The molecule has 0 aliphatic carbocycles. The molecule has 2 aromatic rings. The van der Waals surface area contributed by atoms with E-state index in [0.717, 1.165) is 10.6 Å². The molecule has 0 fully saturated rings. The van der Waals surface area contributed by atoms with Gasteiger partial charge in [-0.05, 0) is 25.5 Å². The number of pyridine rings is 1. The molecule has 0 aliphatic heterocycles. The van der Waals surface area contributed by atoms with Gasteiger partial charge < -0.3 is 10.4 Å². The van der Waals surface area contributed by atoms with Crippen LogP contribution in [0, 0.1) is 6.92 Å². The Bertz CT molecular complexity index is 554. The molecule has 1 amide bonds. The molecule has 0 aromatic carbocycles. The minimum Gasteiger partial charge on any atom is -0.396 e. The number of rotatable bonds is 5. The van der Waals surface area contributed by atoms with Gasteiger partial charge in [-0.2, -0.15) is 0 Å². The van der Waals surface area contributed by atoms with Crippen LogP contribution in [0.25, 0.3) is 10.6 Å². The average molecular weight is 277 g/mol. The lowest BCUT2D eigenvalue weighted by Gasteiger charge is -2.01. The number of hydrogen-bond donors (Lipinski definition) is 2. The Kier molecular flexibility index (Phi) is 4.59. The molecule has 2 rings (SSSR count). The van der Waals surface area contributed by atoms with E-state index in [2.05, 4.69) is 15.3 Å². The normalized spacial score (nSPS) is 10.4. The molecule has 0 aliphatic rings. The maximum atomic E-state index is 11.9. The van der Waals surface area contributed by atoms with Gasteiger partial charge in [0.1, 0.15) is 9.88 Å². The molecule has 0 saturated carbocycles. The van der Waals surface area contributed by atoms with Gasteiger partial charge in [-0.1, -0.05) is 0 Å². The van der Waals surface area contributed by atoms with Crippen molar-refractivity contribution in [3.05, 3.63) is 35.1 Å². The third-order valence-corrected chi connectivity index (χ3v) is 3.74. The zero-order valence-electron chi connectivity index (χ0n) is 10.6. The topological polar surface area (TPSA) is 75.1 Å². The summed E-state index contributed by atoms with van der Waals surface area (Å²) in [6.45, 7) is 2.36. The lowest BCUT2D eigenvalue weighted by Crippen LogP contribution is -2.24. The van der Waals surface area contributed by atoms with Gasteiger partial charge in [0.25, 0.3) is 5.91 Å². The summed E-state index contributed by atoms with van der Waals surface area (Å²) in [5.74, 6) is -0.140. The van der Waals surface area contributed by atoms with Gasteiger partial charge in [0.05, 0.1) is 5.69 Å². The maximum absolute atomic E-state index is 11.9. The van der Waals surface area contributed by atoms with Gasteiger partial charge >= 0.3 is 0 Å². The van der Waals surface area contributed by atoms with Crippen LogP contribution in [-0.4, -0.2) is 34.1 Å². The number of aliphatic hydroxyl groups is 1. The Morgan fingerprint density at radius 1 is 1.53 bits per heavy atom. The fourth-order valence-corrected chi connectivity index (χ4v) is 2.55. The molecule has 2 aromatic heterocycles. The molecule has 2 N–H and O–H groups in total. The summed E-state index contributed by atoms with van der Waals surface area (Å²) in [6, 6.07) is 3.76. The third kappa shape index (κ3) is 3.36. The summed E-state index contributed by atoms with van der Waals surface area (Å²) in [4.78, 5) is 21.0. The molecule has 0 spiro atoms. The van der Waals surface area contributed by atoms with Crippen molar-refractivity contribution in [1.29, 1.82) is 0 Å². The van der Waals surface area contributed by atoms with E-state index < -0.39 is 0 Å². The summed E-state index contributed by atoms with van der Waals surface area (Å²) in [5.41, 5.74) is 1.62. The van der Waals surface area contributed by atoms with E-state index in [0.29, 0.717) is 23.5 Å². The quantitative estimate of drug-likeness (QED) is 0.814. The van der Waals surface area contributed by atoms with Gasteiger partial charge in [-0.25, -0.2) is 4.98 Å². The first kappa shape index (κ1) is 13.6. The lowest BCUT2D eigenvalue weighted by atomic mass is 10.3. The number of aryl methyl sites for hydroxylation is 1. The predicted octanol–water partition coefficient (Wildman–Crippen LogP) is 1.63. The van der Waals surface area contributed by atoms with Crippen LogP contribution in [0.3, 0.4) is 0 Å². The SMILES string of the molecule is Cc1nc(-c2cccnc2)sc1C(=O)NCCCO. The fraction of sp³-hybridized carbons (Fsp3) is 0.308. The molecular formula is C13H15N3O2S. The Hall–Kier alpha value is -1.79. The first-order chi connectivity index (χ1) is 9.22. The Labute approximate surface area is 115 Å². The molecule has 19 heavy (non-hydrogen) atoms. The highest BCUT2D eigenvalue weighted by atomic mass is 32.1. The van der Waals surface area contributed by atoms with Crippen molar-refractivity contribution in [1.82, 2.24) is 15.3 Å². The number of aromatic nitrogens is 2. The molecule has 0 saturated heterocycles. The van der Waals surface area contributed by atoms with Crippen molar-refractivity contribution in [2.45, 2.75) is 13.3 Å². The van der Waals surface area contributed by atoms with Crippen LogP contribution in [-0.2, 0) is 0 Å². The summed E-state index contributed by atoms with van der Waals surface area (Å²) in [6.07, 6.45) is 3.98. The van der Waals surface area contributed by atoms with E-state index in [-0.39, 0.29) is 12.5 Å². The van der Waals surface area contributed by atoms with Crippen molar-refractivity contribution in [3.63, 3.8) is 0 Å². The monoisotopic (exact) mass is 277 g/mol. The number of carbonyl (C=O) groups excluding carboxylic acids is 1. The van der Waals surface area contributed by atoms with E-state index in [4.69, 9.17) is 5.11 Å². The van der Waals surface area contributed by atoms with Crippen molar-refractivity contribution in [3.8, 4) is 10.6 Å². The number of carbonyl (C=O) groups is 1. The molecule has 5 nitrogen and oxygen atoms in total. The van der Waals surface area contributed by atoms with E-state index in [1.807, 2.05) is 19.1 Å². The number of nitrogens with zero attached hydrogens (tertiary/aromatic N) is 2. The lowest BCUT2D eigenvalue weighted by molar-refractivity contribution is 0.0954. The summed E-state index contributed by atoms with van der Waals surface area (Å²) in [7, 11) is 0. The molecule has 2 heterocycles. The first-order valence-corrected chi connectivity index (χ1v) is 6.81. The smallest absolute Gasteiger partial charge is 0.263 e. The van der Waals surface area contributed by atoms with Crippen molar-refractivity contribution in [2.24, 2.45) is 0 Å². The van der Waals surface area contributed by atoms with Crippen LogP contribution >= 0.6 is 11.3 Å². The zero-order chi connectivity index (χ0) is 13.7. The van der Waals surface area contributed by atoms with E-state index in [1.165, 1.54) is 11.3 Å². The van der Waals surface area contributed by atoms with Gasteiger partial charge in [0.2, 0.25) is 0 Å². The molecule has 0 atom stereocenters. The number of nitrogens with one attached hydrogen (secondary N) is 1. The first-order valence-electron chi connectivity index (χ1n) is 5.99. The van der Waals surface area contributed by atoms with Crippen LogP contribution in [0.4, 0.5) is 0 Å². The molecule has 0 unspecified atom stereocenters. The minimum absolute atomic E-state index is 0.0723. The molecule has 100 valence electrons. The van der Waals surface area contributed by atoms with Crippen molar-refractivity contribution < 1.29 is 9.90 Å². The summed E-state index contributed by atoms with van der Waals surface area (Å²) < 4.78 is 0. The predicted molar refractivity (Wildman–Crippen MR) is 74.1 cm³/mol. The van der Waals surface area contributed by atoms with E-state index >= 15 is 0 Å². The van der Waals surface area contributed by atoms with Gasteiger partial charge in [0, 0.05) is 31.1 Å². The Morgan fingerprint density at radius 2 is 2.37 bits per heavy atom. The van der Waals surface area contributed by atoms with Crippen molar-refractivity contribution >= 4 is 17.2 Å². The van der Waals surface area contributed by atoms with E-state index in [1.54, 1.807) is 12.4 Å². The number of hydrogen-bond acceptors (Lipinski definition) is 5. The highest BCUT2D eigenvalue weighted by Gasteiger charge is 2.15. The molecule has 6 heteroatoms. The van der Waals surface area contributed by atoms with Crippen LogP contribution in [0.5, 0.6) is 0 Å². The minimum atomic E-state index is -0.140. The highest BCUT2D eigenvalue weighted by Crippen LogP contribution is 2.27. The largest absolute Gasteiger partial charge is 0.396 e. The van der Waals surface area contributed by atoms with Crippen LogP contribution in [0.1, 0.15) is 21.8 Å². The van der Waals surface area contributed by atoms with Gasteiger partial charge in [-0.3, -0.25) is 9.78 Å². The molecular weight excluding hydrogens is 262 g/mol. The second-order valence-electron chi connectivity index (χ2n) is 4.01. The molecule has 0 bridgehead atoms. The Morgan fingerprint density at radius 3 is 3.05 bits per heavy atom. The fourth-order valence-electron chi connectivity index (χ4n) is 1.58. The number of amides is 1. The standard InChI is InChI=1S/C13H15N3O2S/c1-9-11(12(18)15-6-3-7-17)19-13(16-9)10-4-2-5-14-8-10/h2,4-5,8,17H,3,6-7H2,1H3,(H,15,18). The second-order valence-corrected chi connectivity index (χ2v) is 5.01. The number of thiazole rings is 1. The zero-order valence-corrected chi connectivity index (χ0v) is 11.4.